The van der Waals surface area contributed by atoms with Gasteiger partial charge in [-0.1, -0.05) is 13.8 Å². The van der Waals surface area contributed by atoms with Crippen molar-refractivity contribution in [3.63, 3.8) is 0 Å². The predicted octanol–water partition coefficient (Wildman–Crippen LogP) is 2.99. The first-order valence-corrected chi connectivity index (χ1v) is 8.08. The topological polar surface area (TPSA) is 30.5 Å². The molecule has 1 heterocycles. The minimum atomic E-state index is 0.0600. The smallest absolute Gasteiger partial charge is 0.0833 e. The number of likely N-dealkylation sites (N-methyl/N-ethyl adjacent to an activating group) is 1. The Kier molecular flexibility index (Phi) is 5.67. The second-order valence-corrected chi connectivity index (χ2v) is 6.44. The van der Waals surface area contributed by atoms with Gasteiger partial charge in [-0.25, -0.2) is 0 Å². The van der Waals surface area contributed by atoms with Gasteiger partial charge in [0.25, 0.3) is 0 Å². The van der Waals surface area contributed by atoms with Gasteiger partial charge in [-0.2, -0.15) is 0 Å². The molecule has 1 atom stereocenters. The van der Waals surface area contributed by atoms with E-state index in [2.05, 4.69) is 19.2 Å². The lowest BCUT2D eigenvalue weighted by Crippen LogP contribution is -2.58. The number of methoxy groups -OCH3 is 1. The molecule has 1 aliphatic heterocycles. The fourth-order valence-electron chi connectivity index (χ4n) is 3.94. The number of hydrogen-bond acceptors (Lipinski definition) is 3. The third kappa shape index (κ3) is 3.50. The molecule has 1 saturated carbocycles. The molecule has 0 amide bonds. The van der Waals surface area contributed by atoms with Gasteiger partial charge in [0.05, 0.1) is 5.60 Å². The molecule has 2 fully saturated rings. The largest absolute Gasteiger partial charge is 0.381 e. The van der Waals surface area contributed by atoms with E-state index in [1.54, 1.807) is 0 Å². The predicted molar refractivity (Wildman–Crippen MR) is 78.4 cm³/mol. The quantitative estimate of drug-likeness (QED) is 0.832. The summed E-state index contributed by atoms with van der Waals surface area (Å²) in [5, 5.41) is 3.75. The van der Waals surface area contributed by atoms with Crippen LogP contribution in [0, 0.1) is 11.8 Å². The Balaban J connectivity index is 2.10. The Morgan fingerprint density at radius 3 is 2.37 bits per heavy atom. The van der Waals surface area contributed by atoms with Crippen molar-refractivity contribution in [3.05, 3.63) is 0 Å². The summed E-state index contributed by atoms with van der Waals surface area (Å²) in [7, 11) is 1.92. The van der Waals surface area contributed by atoms with E-state index in [0.717, 1.165) is 25.7 Å². The molecule has 3 heteroatoms. The zero-order valence-electron chi connectivity index (χ0n) is 12.9. The number of rotatable bonds is 5. The van der Waals surface area contributed by atoms with E-state index in [0.29, 0.717) is 12.0 Å². The highest BCUT2D eigenvalue weighted by Gasteiger charge is 2.44. The monoisotopic (exact) mass is 269 g/mol. The summed E-state index contributed by atoms with van der Waals surface area (Å²) >= 11 is 0. The van der Waals surface area contributed by atoms with Crippen LogP contribution in [0.25, 0.3) is 0 Å². The van der Waals surface area contributed by atoms with E-state index in [4.69, 9.17) is 9.47 Å². The molecule has 0 aromatic rings. The average Bonchev–Trinajstić information content (AvgIpc) is 2.47. The van der Waals surface area contributed by atoms with Gasteiger partial charge >= 0.3 is 0 Å². The zero-order chi connectivity index (χ0) is 13.7. The van der Waals surface area contributed by atoms with E-state index < -0.39 is 0 Å². The molecule has 1 saturated heterocycles. The summed E-state index contributed by atoms with van der Waals surface area (Å²) in [4.78, 5) is 0. The second kappa shape index (κ2) is 7.05. The Hall–Kier alpha value is -0.120. The third-order valence-corrected chi connectivity index (χ3v) is 5.26. The van der Waals surface area contributed by atoms with Gasteiger partial charge in [0, 0.05) is 26.4 Å². The maximum absolute atomic E-state index is 6.09. The van der Waals surface area contributed by atoms with Crippen LogP contribution >= 0.6 is 0 Å². The normalized spacial score (nSPS) is 35.2. The maximum Gasteiger partial charge on any atom is 0.0833 e. The molecule has 3 nitrogen and oxygen atoms in total. The van der Waals surface area contributed by atoms with E-state index in [-0.39, 0.29) is 5.60 Å². The van der Waals surface area contributed by atoms with Crippen LogP contribution in [0.15, 0.2) is 0 Å². The lowest BCUT2D eigenvalue weighted by atomic mass is 9.70. The van der Waals surface area contributed by atoms with Crippen molar-refractivity contribution in [1.29, 1.82) is 0 Å². The van der Waals surface area contributed by atoms with Gasteiger partial charge in [0.15, 0.2) is 0 Å². The first-order chi connectivity index (χ1) is 9.22. The Morgan fingerprint density at radius 2 is 1.84 bits per heavy atom. The van der Waals surface area contributed by atoms with Crippen LogP contribution in [0.3, 0.4) is 0 Å². The molecular weight excluding hydrogens is 238 g/mol. The summed E-state index contributed by atoms with van der Waals surface area (Å²) in [5.41, 5.74) is 0.0600. The first kappa shape index (κ1) is 15.3. The number of ether oxygens (including phenoxy) is 2. The van der Waals surface area contributed by atoms with Crippen molar-refractivity contribution in [2.24, 2.45) is 11.8 Å². The lowest BCUT2D eigenvalue weighted by Gasteiger charge is -2.48. The summed E-state index contributed by atoms with van der Waals surface area (Å²) in [6, 6.07) is 0.499. The van der Waals surface area contributed by atoms with Crippen molar-refractivity contribution >= 4 is 0 Å². The number of nitrogens with one attached hydrogen (secondary N) is 1. The van der Waals surface area contributed by atoms with Crippen LogP contribution < -0.4 is 5.32 Å². The van der Waals surface area contributed by atoms with Crippen molar-refractivity contribution in [2.45, 2.75) is 64.0 Å². The van der Waals surface area contributed by atoms with Gasteiger partial charge in [-0.05, 0) is 56.9 Å². The molecule has 0 aromatic heterocycles. The van der Waals surface area contributed by atoms with Crippen LogP contribution in [0.1, 0.15) is 52.4 Å². The van der Waals surface area contributed by atoms with Crippen LogP contribution in [-0.2, 0) is 9.47 Å². The van der Waals surface area contributed by atoms with Crippen LogP contribution in [0.4, 0.5) is 0 Å². The van der Waals surface area contributed by atoms with E-state index in [1.807, 2.05) is 7.11 Å². The fraction of sp³-hybridized carbons (Fsp3) is 1.00. The zero-order valence-corrected chi connectivity index (χ0v) is 12.9. The van der Waals surface area contributed by atoms with E-state index in [1.165, 1.54) is 38.5 Å². The average molecular weight is 269 g/mol. The molecule has 1 unspecified atom stereocenters. The molecule has 112 valence electrons. The Bertz CT molecular complexity index is 255. The number of hydrogen-bond donors (Lipinski definition) is 1. The van der Waals surface area contributed by atoms with Gasteiger partial charge in [-0.15, -0.1) is 0 Å². The van der Waals surface area contributed by atoms with Gasteiger partial charge in [0.1, 0.15) is 0 Å². The summed E-state index contributed by atoms with van der Waals surface area (Å²) in [6.07, 6.45) is 7.38. The minimum absolute atomic E-state index is 0.0600. The van der Waals surface area contributed by atoms with Crippen LogP contribution in [0.2, 0.25) is 0 Å². The van der Waals surface area contributed by atoms with Crippen LogP contribution in [0.5, 0.6) is 0 Å². The summed E-state index contributed by atoms with van der Waals surface area (Å²) < 4.78 is 11.6. The highest BCUT2D eigenvalue weighted by Crippen LogP contribution is 2.40. The standard InChI is InChI=1S/C16H31NO2/c1-4-17-15(14-7-11-19-12-8-14)16(18-3)9-5-13(2)6-10-16/h13-15,17H,4-12H2,1-3H3. The molecule has 1 N–H and O–H groups in total. The molecule has 1 aliphatic carbocycles. The Labute approximate surface area is 118 Å². The van der Waals surface area contributed by atoms with Crippen molar-refractivity contribution < 1.29 is 9.47 Å². The van der Waals surface area contributed by atoms with Gasteiger partial charge in [0.2, 0.25) is 0 Å². The minimum Gasteiger partial charge on any atom is -0.381 e. The van der Waals surface area contributed by atoms with Crippen LogP contribution in [-0.4, -0.2) is 38.5 Å². The highest BCUT2D eigenvalue weighted by atomic mass is 16.5. The van der Waals surface area contributed by atoms with Gasteiger partial charge in [-0.3, -0.25) is 0 Å². The summed E-state index contributed by atoms with van der Waals surface area (Å²) in [5.74, 6) is 1.57. The van der Waals surface area contributed by atoms with Gasteiger partial charge < -0.3 is 14.8 Å². The molecule has 0 bridgehead atoms. The SMILES string of the molecule is CCNC(C1CCOCC1)C1(OC)CCC(C)CC1. The second-order valence-electron chi connectivity index (χ2n) is 6.44. The first-order valence-electron chi connectivity index (χ1n) is 8.08. The molecule has 0 spiro atoms. The molecule has 0 aromatic carbocycles. The molecular formula is C16H31NO2. The molecule has 2 rings (SSSR count). The fourth-order valence-corrected chi connectivity index (χ4v) is 3.94. The molecule has 0 radical (unpaired) electrons. The van der Waals surface area contributed by atoms with E-state index in [9.17, 15) is 0 Å². The van der Waals surface area contributed by atoms with Crippen molar-refractivity contribution in [2.75, 3.05) is 26.9 Å². The van der Waals surface area contributed by atoms with Crippen molar-refractivity contribution in [1.82, 2.24) is 5.32 Å². The van der Waals surface area contributed by atoms with E-state index >= 15 is 0 Å². The summed E-state index contributed by atoms with van der Waals surface area (Å²) in [6.45, 7) is 7.45. The van der Waals surface area contributed by atoms with Crippen molar-refractivity contribution in [3.8, 4) is 0 Å². The molecule has 19 heavy (non-hydrogen) atoms. The Morgan fingerprint density at radius 1 is 1.21 bits per heavy atom. The third-order valence-electron chi connectivity index (χ3n) is 5.26. The highest BCUT2D eigenvalue weighted by molar-refractivity contribution is 4.99. The molecule has 2 aliphatic rings. The lowest BCUT2D eigenvalue weighted by molar-refractivity contribution is -0.0987. The maximum atomic E-state index is 6.09.